The average molecular weight is 377 g/mol. The average Bonchev–Trinajstić information content (AvgIpc) is 3.29. The van der Waals surface area contributed by atoms with Gasteiger partial charge in [-0.2, -0.15) is 0 Å². The second-order valence-electron chi connectivity index (χ2n) is 6.99. The maximum atomic E-state index is 12.5. The summed E-state index contributed by atoms with van der Waals surface area (Å²) >= 11 is 0. The zero-order valence-corrected chi connectivity index (χ0v) is 15.7. The monoisotopic (exact) mass is 377 g/mol. The summed E-state index contributed by atoms with van der Waals surface area (Å²) < 4.78 is 1.69. The highest BCUT2D eigenvalue weighted by Crippen LogP contribution is 2.21. The zero-order chi connectivity index (χ0) is 19.3. The van der Waals surface area contributed by atoms with Gasteiger partial charge < -0.3 is 10.6 Å². The summed E-state index contributed by atoms with van der Waals surface area (Å²) in [6.07, 6.45) is 8.74. The Balaban J connectivity index is 1.38. The van der Waals surface area contributed by atoms with Gasteiger partial charge in [0, 0.05) is 18.3 Å². The number of hydrogen-bond acceptors (Lipinski definition) is 6. The molecular weight excluding hydrogens is 354 g/mol. The third-order valence-electron chi connectivity index (χ3n) is 5.07. The summed E-state index contributed by atoms with van der Waals surface area (Å²) in [5.74, 6) is 1.03. The van der Waals surface area contributed by atoms with Crippen molar-refractivity contribution in [3.63, 3.8) is 0 Å². The first kappa shape index (κ1) is 18.2. The number of piperidine rings is 1. The molecule has 8 heteroatoms. The number of carbonyl (C=O) groups is 1. The molecule has 3 aromatic rings. The number of aromatic nitrogens is 5. The number of benzene rings is 1. The normalized spacial score (nSPS) is 15.9. The van der Waals surface area contributed by atoms with Gasteiger partial charge in [0.1, 0.15) is 5.82 Å². The van der Waals surface area contributed by atoms with Crippen molar-refractivity contribution in [2.75, 3.05) is 13.1 Å². The van der Waals surface area contributed by atoms with Crippen LogP contribution in [-0.2, 0) is 0 Å². The predicted octanol–water partition coefficient (Wildman–Crippen LogP) is 2.02. The van der Waals surface area contributed by atoms with Gasteiger partial charge in [-0.1, -0.05) is 17.3 Å². The van der Waals surface area contributed by atoms with E-state index in [0.29, 0.717) is 11.5 Å². The van der Waals surface area contributed by atoms with E-state index in [2.05, 4.69) is 30.9 Å². The van der Waals surface area contributed by atoms with Gasteiger partial charge in [-0.3, -0.25) is 4.79 Å². The van der Waals surface area contributed by atoms with Gasteiger partial charge >= 0.3 is 0 Å². The molecule has 1 atom stereocenters. The molecule has 28 heavy (non-hydrogen) atoms. The van der Waals surface area contributed by atoms with E-state index < -0.39 is 0 Å². The molecule has 144 valence electrons. The van der Waals surface area contributed by atoms with Crippen LogP contribution < -0.4 is 10.6 Å². The molecule has 1 saturated heterocycles. The van der Waals surface area contributed by atoms with Gasteiger partial charge in [0.25, 0.3) is 5.91 Å². The van der Waals surface area contributed by atoms with Crippen molar-refractivity contribution < 1.29 is 4.79 Å². The number of amides is 1. The van der Waals surface area contributed by atoms with E-state index in [1.54, 1.807) is 29.5 Å². The summed E-state index contributed by atoms with van der Waals surface area (Å²) in [6, 6.07) is 7.70. The van der Waals surface area contributed by atoms with Crippen molar-refractivity contribution in [3.05, 3.63) is 66.0 Å². The van der Waals surface area contributed by atoms with Crippen molar-refractivity contribution >= 4 is 5.91 Å². The van der Waals surface area contributed by atoms with Crippen LogP contribution in [0.2, 0.25) is 0 Å². The molecule has 0 spiro atoms. The molecule has 1 aliphatic rings. The van der Waals surface area contributed by atoms with E-state index in [-0.39, 0.29) is 11.9 Å². The standard InChI is InChI=1S/C20H23N7O/c1-14(15-2-4-18(5-3-15)27-11-10-24-26-27)25-20(28)17-12-22-19(23-13-17)16-6-8-21-9-7-16/h2-5,10-14,16,21H,6-9H2,1H3,(H,25,28). The van der Waals surface area contributed by atoms with Crippen molar-refractivity contribution in [2.45, 2.75) is 31.7 Å². The van der Waals surface area contributed by atoms with E-state index >= 15 is 0 Å². The molecule has 1 fully saturated rings. The maximum absolute atomic E-state index is 12.5. The Hall–Kier alpha value is -3.13. The smallest absolute Gasteiger partial charge is 0.254 e. The highest BCUT2D eigenvalue weighted by molar-refractivity contribution is 5.93. The van der Waals surface area contributed by atoms with Gasteiger partial charge in [0.15, 0.2) is 0 Å². The SMILES string of the molecule is CC(NC(=O)c1cnc(C2CCNCC2)nc1)c1ccc(-n2ccnn2)cc1. The molecule has 2 aromatic heterocycles. The van der Waals surface area contributed by atoms with Crippen LogP contribution in [-0.4, -0.2) is 44.0 Å². The summed E-state index contributed by atoms with van der Waals surface area (Å²) in [7, 11) is 0. The van der Waals surface area contributed by atoms with Crippen LogP contribution >= 0.6 is 0 Å². The minimum Gasteiger partial charge on any atom is -0.345 e. The van der Waals surface area contributed by atoms with Crippen LogP contribution in [0.5, 0.6) is 0 Å². The van der Waals surface area contributed by atoms with Crippen molar-refractivity contribution in [1.82, 2.24) is 35.6 Å². The molecule has 1 aromatic carbocycles. The lowest BCUT2D eigenvalue weighted by atomic mass is 9.97. The quantitative estimate of drug-likeness (QED) is 0.706. The van der Waals surface area contributed by atoms with Crippen LogP contribution in [0, 0.1) is 0 Å². The first-order chi connectivity index (χ1) is 13.7. The molecule has 0 bridgehead atoms. The molecule has 8 nitrogen and oxygen atoms in total. The second kappa shape index (κ2) is 8.26. The Bertz CT molecular complexity index is 901. The molecule has 1 amide bonds. The van der Waals surface area contributed by atoms with E-state index in [9.17, 15) is 4.79 Å². The Kier molecular flexibility index (Phi) is 5.38. The number of carbonyl (C=O) groups excluding carboxylic acids is 1. The Morgan fingerprint density at radius 3 is 2.54 bits per heavy atom. The topological polar surface area (TPSA) is 97.6 Å². The van der Waals surface area contributed by atoms with Crippen LogP contribution in [0.15, 0.2) is 49.1 Å². The minimum atomic E-state index is -0.176. The molecule has 0 aliphatic carbocycles. The van der Waals surface area contributed by atoms with Crippen molar-refractivity contribution in [2.24, 2.45) is 0 Å². The van der Waals surface area contributed by atoms with Gasteiger partial charge in [-0.05, 0) is 50.6 Å². The van der Waals surface area contributed by atoms with Crippen LogP contribution in [0.25, 0.3) is 5.69 Å². The van der Waals surface area contributed by atoms with Gasteiger partial charge in [0.2, 0.25) is 0 Å². The fourth-order valence-electron chi connectivity index (χ4n) is 3.37. The summed E-state index contributed by atoms with van der Waals surface area (Å²) in [5, 5.41) is 14.1. The number of nitrogens with one attached hydrogen (secondary N) is 2. The summed E-state index contributed by atoms with van der Waals surface area (Å²) in [5.41, 5.74) is 2.40. The van der Waals surface area contributed by atoms with E-state index in [0.717, 1.165) is 43.0 Å². The fraction of sp³-hybridized carbons (Fsp3) is 0.350. The Morgan fingerprint density at radius 2 is 1.89 bits per heavy atom. The Morgan fingerprint density at radius 1 is 1.18 bits per heavy atom. The zero-order valence-electron chi connectivity index (χ0n) is 15.7. The van der Waals surface area contributed by atoms with Gasteiger partial charge in [-0.25, -0.2) is 14.6 Å². The third kappa shape index (κ3) is 4.07. The van der Waals surface area contributed by atoms with Crippen LogP contribution in [0.3, 0.4) is 0 Å². The molecule has 1 unspecified atom stereocenters. The second-order valence-corrected chi connectivity index (χ2v) is 6.99. The Labute approximate surface area is 163 Å². The summed E-state index contributed by atoms with van der Waals surface area (Å²) in [4.78, 5) is 21.4. The third-order valence-corrected chi connectivity index (χ3v) is 5.07. The number of rotatable bonds is 5. The lowest BCUT2D eigenvalue weighted by molar-refractivity contribution is 0.0939. The van der Waals surface area contributed by atoms with E-state index in [1.807, 2.05) is 31.2 Å². The molecule has 3 heterocycles. The molecule has 2 N–H and O–H groups in total. The lowest BCUT2D eigenvalue weighted by Crippen LogP contribution is -2.28. The van der Waals surface area contributed by atoms with Gasteiger partial charge in [0.05, 0.1) is 29.7 Å². The molecule has 0 saturated carbocycles. The minimum absolute atomic E-state index is 0.138. The number of hydrogen-bond donors (Lipinski definition) is 2. The highest BCUT2D eigenvalue weighted by Gasteiger charge is 2.19. The van der Waals surface area contributed by atoms with E-state index in [4.69, 9.17) is 0 Å². The number of nitrogens with zero attached hydrogens (tertiary/aromatic N) is 5. The molecule has 0 radical (unpaired) electrons. The molecule has 1 aliphatic heterocycles. The highest BCUT2D eigenvalue weighted by atomic mass is 16.1. The van der Waals surface area contributed by atoms with Crippen LogP contribution in [0.1, 0.15) is 53.5 Å². The van der Waals surface area contributed by atoms with E-state index in [1.165, 1.54) is 0 Å². The predicted molar refractivity (Wildman–Crippen MR) is 104 cm³/mol. The molecular formula is C20H23N7O. The van der Waals surface area contributed by atoms with Gasteiger partial charge in [-0.15, -0.1) is 5.10 Å². The largest absolute Gasteiger partial charge is 0.345 e. The maximum Gasteiger partial charge on any atom is 0.254 e. The summed E-state index contributed by atoms with van der Waals surface area (Å²) in [6.45, 7) is 3.93. The first-order valence-electron chi connectivity index (χ1n) is 9.51. The van der Waals surface area contributed by atoms with Crippen molar-refractivity contribution in [3.8, 4) is 5.69 Å². The van der Waals surface area contributed by atoms with Crippen LogP contribution in [0.4, 0.5) is 0 Å². The van der Waals surface area contributed by atoms with Crippen molar-refractivity contribution in [1.29, 1.82) is 0 Å². The molecule has 4 rings (SSSR count). The fourth-order valence-corrected chi connectivity index (χ4v) is 3.37. The lowest BCUT2D eigenvalue weighted by Gasteiger charge is -2.21. The first-order valence-corrected chi connectivity index (χ1v) is 9.51.